The van der Waals surface area contributed by atoms with E-state index in [1.165, 1.54) is 32.1 Å². The maximum absolute atomic E-state index is 5.60. The minimum absolute atomic E-state index is 0.426. The number of nitrogens with zero attached hydrogens (tertiary/aromatic N) is 2. The highest BCUT2D eigenvalue weighted by atomic mass is 16.5. The van der Waals surface area contributed by atoms with Crippen LogP contribution in [0, 0.1) is 5.41 Å². The van der Waals surface area contributed by atoms with Crippen LogP contribution in [0.5, 0.6) is 0 Å². The minimum Gasteiger partial charge on any atom is -0.381 e. The molecule has 0 aromatic carbocycles. The number of hydrogen-bond donors (Lipinski definition) is 1. The first-order chi connectivity index (χ1) is 8.81. The van der Waals surface area contributed by atoms with Crippen LogP contribution in [0.25, 0.3) is 0 Å². The van der Waals surface area contributed by atoms with Crippen LogP contribution < -0.4 is 5.32 Å². The van der Waals surface area contributed by atoms with E-state index in [4.69, 9.17) is 4.74 Å². The second-order valence-corrected chi connectivity index (χ2v) is 6.04. The molecule has 0 aromatic rings. The monoisotopic (exact) mass is 251 g/mol. The van der Waals surface area contributed by atoms with Crippen molar-refractivity contribution in [2.75, 3.05) is 32.8 Å². The molecule has 0 aromatic heterocycles. The molecule has 1 spiro atoms. The van der Waals surface area contributed by atoms with E-state index in [1.807, 2.05) is 0 Å². The van der Waals surface area contributed by atoms with Crippen molar-refractivity contribution in [2.45, 2.75) is 45.1 Å². The van der Waals surface area contributed by atoms with Crippen molar-refractivity contribution in [2.24, 2.45) is 10.4 Å². The Balaban J connectivity index is 1.62. The zero-order chi connectivity index (χ0) is 12.4. The van der Waals surface area contributed by atoms with Crippen molar-refractivity contribution in [3.8, 4) is 0 Å². The molecular weight excluding hydrogens is 226 g/mol. The quantitative estimate of drug-likeness (QED) is 0.598. The number of rotatable bonds is 2. The van der Waals surface area contributed by atoms with Gasteiger partial charge in [-0.3, -0.25) is 4.99 Å². The van der Waals surface area contributed by atoms with Gasteiger partial charge in [0.05, 0.1) is 6.61 Å². The fraction of sp³-hybridized carbons (Fsp3) is 0.929. The topological polar surface area (TPSA) is 36.9 Å². The molecule has 2 heterocycles. The Morgan fingerprint density at radius 3 is 2.94 bits per heavy atom. The van der Waals surface area contributed by atoms with Gasteiger partial charge in [-0.15, -0.1) is 0 Å². The lowest BCUT2D eigenvalue weighted by Crippen LogP contribution is -2.48. The highest BCUT2D eigenvalue weighted by Gasteiger charge is 2.42. The van der Waals surface area contributed by atoms with Crippen LogP contribution in [0.3, 0.4) is 0 Å². The Bertz CT molecular complexity index is 319. The summed E-state index contributed by atoms with van der Waals surface area (Å²) in [5.74, 6) is 1.14. The average Bonchev–Trinajstić information content (AvgIpc) is 2.93. The zero-order valence-corrected chi connectivity index (χ0v) is 11.5. The van der Waals surface area contributed by atoms with Crippen molar-refractivity contribution >= 4 is 5.96 Å². The van der Waals surface area contributed by atoms with Crippen LogP contribution in [0.2, 0.25) is 0 Å². The number of likely N-dealkylation sites (tertiary alicyclic amines) is 1. The van der Waals surface area contributed by atoms with Crippen LogP contribution >= 0.6 is 0 Å². The zero-order valence-electron chi connectivity index (χ0n) is 11.5. The number of guanidine groups is 1. The van der Waals surface area contributed by atoms with Gasteiger partial charge < -0.3 is 15.0 Å². The van der Waals surface area contributed by atoms with E-state index in [2.05, 4.69) is 22.1 Å². The Hall–Kier alpha value is -0.770. The van der Waals surface area contributed by atoms with Crippen molar-refractivity contribution in [1.29, 1.82) is 0 Å². The SMILES string of the molecule is CCN=C(NC1CCC1)N1CCC2(CCOC2)C1. The lowest BCUT2D eigenvalue weighted by molar-refractivity contribution is 0.156. The van der Waals surface area contributed by atoms with Gasteiger partial charge in [-0.25, -0.2) is 0 Å². The summed E-state index contributed by atoms with van der Waals surface area (Å²) < 4.78 is 5.60. The molecule has 0 bridgehead atoms. The summed E-state index contributed by atoms with van der Waals surface area (Å²) in [5.41, 5.74) is 0.426. The van der Waals surface area contributed by atoms with Gasteiger partial charge in [0.15, 0.2) is 5.96 Å². The Morgan fingerprint density at radius 2 is 2.33 bits per heavy atom. The molecular formula is C14H25N3O. The third-order valence-electron chi connectivity index (χ3n) is 4.67. The van der Waals surface area contributed by atoms with Crippen molar-refractivity contribution in [3.05, 3.63) is 0 Å². The first kappa shape index (κ1) is 12.3. The first-order valence-corrected chi connectivity index (χ1v) is 7.45. The lowest BCUT2D eigenvalue weighted by Gasteiger charge is -2.32. The molecule has 3 rings (SSSR count). The molecule has 1 atom stereocenters. The van der Waals surface area contributed by atoms with Crippen molar-refractivity contribution in [3.63, 3.8) is 0 Å². The molecule has 1 aliphatic carbocycles. The summed E-state index contributed by atoms with van der Waals surface area (Å²) in [4.78, 5) is 7.13. The first-order valence-electron chi connectivity index (χ1n) is 7.45. The molecule has 2 aliphatic heterocycles. The van der Waals surface area contributed by atoms with Crippen LogP contribution in [-0.2, 0) is 4.74 Å². The van der Waals surface area contributed by atoms with Gasteiger partial charge in [0.2, 0.25) is 0 Å². The molecule has 1 saturated carbocycles. The number of nitrogens with one attached hydrogen (secondary N) is 1. The standard InChI is InChI=1S/C14H25N3O/c1-2-15-13(16-12-4-3-5-12)17-8-6-14(10-17)7-9-18-11-14/h12H,2-11H2,1H3,(H,15,16). The van der Waals surface area contributed by atoms with E-state index >= 15 is 0 Å². The molecule has 2 saturated heterocycles. The highest BCUT2D eigenvalue weighted by Crippen LogP contribution is 2.38. The van der Waals surface area contributed by atoms with Gasteiger partial charge in [-0.2, -0.15) is 0 Å². The predicted octanol–water partition coefficient (Wildman–Crippen LogP) is 1.62. The van der Waals surface area contributed by atoms with E-state index < -0.39 is 0 Å². The van der Waals surface area contributed by atoms with Gasteiger partial charge in [-0.05, 0) is 39.0 Å². The van der Waals surface area contributed by atoms with Crippen molar-refractivity contribution < 1.29 is 4.74 Å². The van der Waals surface area contributed by atoms with E-state index in [0.717, 1.165) is 38.8 Å². The molecule has 3 fully saturated rings. The third-order valence-corrected chi connectivity index (χ3v) is 4.67. The third kappa shape index (κ3) is 2.35. The molecule has 1 unspecified atom stereocenters. The summed E-state index contributed by atoms with van der Waals surface area (Å²) in [6.07, 6.45) is 6.49. The normalized spacial score (nSPS) is 33.2. The summed E-state index contributed by atoms with van der Waals surface area (Å²) in [6.45, 7) is 7.16. The van der Waals surface area contributed by atoms with Gasteiger partial charge >= 0.3 is 0 Å². The van der Waals surface area contributed by atoms with Crippen LogP contribution in [0.1, 0.15) is 39.0 Å². The smallest absolute Gasteiger partial charge is 0.194 e. The average molecular weight is 251 g/mol. The van der Waals surface area contributed by atoms with Gasteiger partial charge in [0.1, 0.15) is 0 Å². The van der Waals surface area contributed by atoms with E-state index in [1.54, 1.807) is 0 Å². The molecule has 102 valence electrons. The predicted molar refractivity (Wildman–Crippen MR) is 72.8 cm³/mol. The van der Waals surface area contributed by atoms with Gasteiger partial charge in [0, 0.05) is 37.7 Å². The molecule has 4 heteroatoms. The summed E-state index contributed by atoms with van der Waals surface area (Å²) >= 11 is 0. The van der Waals surface area contributed by atoms with Crippen LogP contribution in [-0.4, -0.2) is 49.7 Å². The second-order valence-electron chi connectivity index (χ2n) is 6.04. The highest BCUT2D eigenvalue weighted by molar-refractivity contribution is 5.80. The van der Waals surface area contributed by atoms with E-state index in [-0.39, 0.29) is 0 Å². The fourth-order valence-corrected chi connectivity index (χ4v) is 3.21. The summed E-state index contributed by atoms with van der Waals surface area (Å²) in [7, 11) is 0. The van der Waals surface area contributed by atoms with Crippen LogP contribution in [0.4, 0.5) is 0 Å². The van der Waals surface area contributed by atoms with E-state index in [9.17, 15) is 0 Å². The van der Waals surface area contributed by atoms with Gasteiger partial charge in [-0.1, -0.05) is 0 Å². The maximum atomic E-state index is 5.60. The Kier molecular flexibility index (Phi) is 3.46. The fourth-order valence-electron chi connectivity index (χ4n) is 3.21. The molecule has 0 radical (unpaired) electrons. The molecule has 18 heavy (non-hydrogen) atoms. The molecule has 1 N–H and O–H groups in total. The van der Waals surface area contributed by atoms with Crippen LogP contribution in [0.15, 0.2) is 4.99 Å². The van der Waals surface area contributed by atoms with Gasteiger partial charge in [0.25, 0.3) is 0 Å². The minimum atomic E-state index is 0.426. The maximum Gasteiger partial charge on any atom is 0.194 e. The molecule has 4 nitrogen and oxygen atoms in total. The number of hydrogen-bond acceptors (Lipinski definition) is 2. The summed E-state index contributed by atoms with van der Waals surface area (Å²) in [5, 5.41) is 3.64. The Morgan fingerprint density at radius 1 is 1.44 bits per heavy atom. The molecule has 0 amide bonds. The Labute approximate surface area is 110 Å². The van der Waals surface area contributed by atoms with E-state index in [0.29, 0.717) is 11.5 Å². The summed E-state index contributed by atoms with van der Waals surface area (Å²) in [6, 6.07) is 0.673. The second kappa shape index (κ2) is 5.08. The largest absolute Gasteiger partial charge is 0.381 e. The lowest BCUT2D eigenvalue weighted by atomic mass is 9.87. The van der Waals surface area contributed by atoms with Crippen molar-refractivity contribution in [1.82, 2.24) is 10.2 Å². The number of ether oxygens (including phenoxy) is 1. The molecule has 3 aliphatic rings. The number of aliphatic imine (C=N–C) groups is 1.